The summed E-state index contributed by atoms with van der Waals surface area (Å²) in [6, 6.07) is 4.41. The summed E-state index contributed by atoms with van der Waals surface area (Å²) < 4.78 is 11.2. The van der Waals surface area contributed by atoms with Gasteiger partial charge in [0.05, 0.1) is 24.8 Å². The van der Waals surface area contributed by atoms with E-state index in [1.165, 1.54) is 19.3 Å². The van der Waals surface area contributed by atoms with Crippen molar-refractivity contribution in [2.45, 2.75) is 44.4 Å². The molecule has 1 aliphatic carbocycles. The van der Waals surface area contributed by atoms with E-state index in [0.29, 0.717) is 18.5 Å². The number of ether oxygens (including phenoxy) is 1. The number of carbonyl (C=O) groups excluding carboxylic acids is 1. The van der Waals surface area contributed by atoms with E-state index < -0.39 is 0 Å². The first kappa shape index (κ1) is 14.3. The van der Waals surface area contributed by atoms with Crippen LogP contribution >= 0.6 is 0 Å². The Labute approximate surface area is 131 Å². The van der Waals surface area contributed by atoms with Gasteiger partial charge in [-0.2, -0.15) is 0 Å². The lowest BCUT2D eigenvalue weighted by Gasteiger charge is -2.46. The average Bonchev–Trinajstić information content (AvgIpc) is 3.13. The van der Waals surface area contributed by atoms with Gasteiger partial charge < -0.3 is 14.5 Å². The third-order valence-electron chi connectivity index (χ3n) is 5.57. The standard InChI is InChI=1S/C17H24N2O3/c20-17(18-9-13-5-2-7-21-13)15-10-19(12-3-1-4-12)11-16-14(15)6-8-22-16/h2,5,7,12,14-16H,1,3-4,6,8-11H2,(H,18,20)/t14-,15-,16+/m1/s1. The number of piperidine rings is 1. The first-order valence-electron chi connectivity index (χ1n) is 8.47. The molecule has 3 fully saturated rings. The van der Waals surface area contributed by atoms with Crippen LogP contribution in [-0.4, -0.2) is 42.6 Å². The summed E-state index contributed by atoms with van der Waals surface area (Å²) in [5, 5.41) is 3.05. The van der Waals surface area contributed by atoms with Gasteiger partial charge in [0.1, 0.15) is 5.76 Å². The largest absolute Gasteiger partial charge is 0.467 e. The molecule has 4 rings (SSSR count). The van der Waals surface area contributed by atoms with Gasteiger partial charge in [-0.3, -0.25) is 9.69 Å². The molecule has 2 saturated heterocycles. The number of fused-ring (bicyclic) bond motifs is 1. The van der Waals surface area contributed by atoms with Gasteiger partial charge in [-0.25, -0.2) is 0 Å². The van der Waals surface area contributed by atoms with Crippen molar-refractivity contribution in [3.05, 3.63) is 24.2 Å². The third kappa shape index (κ3) is 2.68. The molecule has 120 valence electrons. The number of carbonyl (C=O) groups is 1. The maximum absolute atomic E-state index is 12.7. The monoisotopic (exact) mass is 304 g/mol. The highest BCUT2D eigenvalue weighted by Gasteiger charge is 2.45. The molecular formula is C17H24N2O3. The van der Waals surface area contributed by atoms with Crippen molar-refractivity contribution in [2.75, 3.05) is 19.7 Å². The summed E-state index contributed by atoms with van der Waals surface area (Å²) in [6.07, 6.45) is 6.78. The van der Waals surface area contributed by atoms with E-state index in [2.05, 4.69) is 10.2 Å². The summed E-state index contributed by atoms with van der Waals surface area (Å²) in [4.78, 5) is 15.2. The molecule has 1 aromatic heterocycles. The van der Waals surface area contributed by atoms with Crippen molar-refractivity contribution in [2.24, 2.45) is 11.8 Å². The topological polar surface area (TPSA) is 54.7 Å². The number of nitrogens with one attached hydrogen (secondary N) is 1. The second-order valence-corrected chi connectivity index (χ2v) is 6.80. The molecule has 3 atom stereocenters. The Morgan fingerprint density at radius 2 is 2.23 bits per heavy atom. The summed E-state index contributed by atoms with van der Waals surface area (Å²) in [5.74, 6) is 1.39. The second-order valence-electron chi connectivity index (χ2n) is 6.80. The lowest BCUT2D eigenvalue weighted by atomic mass is 9.79. The number of furan rings is 1. The smallest absolute Gasteiger partial charge is 0.225 e. The molecule has 0 spiro atoms. The van der Waals surface area contributed by atoms with Crippen molar-refractivity contribution in [1.29, 1.82) is 0 Å². The quantitative estimate of drug-likeness (QED) is 0.921. The van der Waals surface area contributed by atoms with Gasteiger partial charge in [-0.15, -0.1) is 0 Å². The minimum atomic E-state index is 0.0526. The van der Waals surface area contributed by atoms with E-state index in [4.69, 9.17) is 9.15 Å². The van der Waals surface area contributed by atoms with Gasteiger partial charge in [0.25, 0.3) is 0 Å². The number of hydrogen-bond acceptors (Lipinski definition) is 4. The van der Waals surface area contributed by atoms with E-state index in [1.807, 2.05) is 12.1 Å². The van der Waals surface area contributed by atoms with Crippen LogP contribution in [0.3, 0.4) is 0 Å². The van der Waals surface area contributed by atoms with Crippen molar-refractivity contribution in [3.63, 3.8) is 0 Å². The highest BCUT2D eigenvalue weighted by molar-refractivity contribution is 5.79. The van der Waals surface area contributed by atoms with Crippen LogP contribution in [-0.2, 0) is 16.1 Å². The SMILES string of the molecule is O=C(NCc1ccco1)[C@@H]1CN(C2CCC2)C[C@@H]2OCC[C@@H]21. The molecule has 0 radical (unpaired) electrons. The molecule has 5 heteroatoms. The zero-order chi connectivity index (χ0) is 14.9. The normalized spacial score (nSPS) is 32.5. The van der Waals surface area contributed by atoms with Crippen LogP contribution < -0.4 is 5.32 Å². The second kappa shape index (κ2) is 6.05. The fourth-order valence-corrected chi connectivity index (χ4v) is 4.05. The van der Waals surface area contributed by atoms with Crippen LogP contribution in [0.2, 0.25) is 0 Å². The van der Waals surface area contributed by atoms with Crippen LogP contribution in [0.25, 0.3) is 0 Å². The van der Waals surface area contributed by atoms with Gasteiger partial charge >= 0.3 is 0 Å². The third-order valence-corrected chi connectivity index (χ3v) is 5.57. The molecule has 1 aromatic rings. The molecule has 3 aliphatic rings. The van der Waals surface area contributed by atoms with Crippen LogP contribution in [0.15, 0.2) is 22.8 Å². The lowest BCUT2D eigenvalue weighted by Crippen LogP contribution is -2.56. The fraction of sp³-hybridized carbons (Fsp3) is 0.706. The summed E-state index contributed by atoms with van der Waals surface area (Å²) in [6.45, 7) is 3.18. The van der Waals surface area contributed by atoms with Crippen LogP contribution in [0.5, 0.6) is 0 Å². The Balaban J connectivity index is 1.41. The molecule has 2 aliphatic heterocycles. The molecule has 0 aromatic carbocycles. The number of amides is 1. The van der Waals surface area contributed by atoms with Crippen molar-refractivity contribution < 1.29 is 13.9 Å². The van der Waals surface area contributed by atoms with Gasteiger partial charge in [-0.05, 0) is 31.4 Å². The van der Waals surface area contributed by atoms with E-state index in [-0.39, 0.29) is 17.9 Å². The lowest BCUT2D eigenvalue weighted by molar-refractivity contribution is -0.132. The minimum Gasteiger partial charge on any atom is -0.467 e. The number of hydrogen-bond donors (Lipinski definition) is 1. The highest BCUT2D eigenvalue weighted by Crippen LogP contribution is 2.37. The van der Waals surface area contributed by atoms with Crippen molar-refractivity contribution >= 4 is 5.91 Å². The molecule has 1 amide bonds. The van der Waals surface area contributed by atoms with Crippen molar-refractivity contribution in [1.82, 2.24) is 10.2 Å². The zero-order valence-corrected chi connectivity index (χ0v) is 12.9. The van der Waals surface area contributed by atoms with E-state index in [9.17, 15) is 4.79 Å². The summed E-state index contributed by atoms with van der Waals surface area (Å²) >= 11 is 0. The molecule has 0 bridgehead atoms. The highest BCUT2D eigenvalue weighted by atomic mass is 16.5. The Morgan fingerprint density at radius 3 is 2.95 bits per heavy atom. The predicted octanol–water partition coefficient (Wildman–Crippen LogP) is 1.79. The van der Waals surface area contributed by atoms with Crippen LogP contribution in [0.1, 0.15) is 31.4 Å². The van der Waals surface area contributed by atoms with E-state index in [0.717, 1.165) is 31.9 Å². The van der Waals surface area contributed by atoms with E-state index in [1.54, 1.807) is 6.26 Å². The maximum Gasteiger partial charge on any atom is 0.225 e. The number of likely N-dealkylation sites (tertiary alicyclic amines) is 1. The average molecular weight is 304 g/mol. The van der Waals surface area contributed by atoms with Crippen LogP contribution in [0.4, 0.5) is 0 Å². The zero-order valence-electron chi connectivity index (χ0n) is 12.9. The Morgan fingerprint density at radius 1 is 1.32 bits per heavy atom. The molecule has 3 heterocycles. The molecular weight excluding hydrogens is 280 g/mol. The van der Waals surface area contributed by atoms with Gasteiger partial charge in [0.15, 0.2) is 0 Å². The van der Waals surface area contributed by atoms with Gasteiger partial charge in [0, 0.05) is 31.7 Å². The van der Waals surface area contributed by atoms with Crippen LogP contribution in [0, 0.1) is 11.8 Å². The predicted molar refractivity (Wildman–Crippen MR) is 81.1 cm³/mol. The Bertz CT molecular complexity index is 512. The number of rotatable bonds is 4. The minimum absolute atomic E-state index is 0.0526. The maximum atomic E-state index is 12.7. The molecule has 5 nitrogen and oxygen atoms in total. The first-order chi connectivity index (χ1) is 10.8. The molecule has 0 unspecified atom stereocenters. The summed E-state index contributed by atoms with van der Waals surface area (Å²) in [7, 11) is 0. The van der Waals surface area contributed by atoms with Gasteiger partial charge in [0.2, 0.25) is 5.91 Å². The van der Waals surface area contributed by atoms with Gasteiger partial charge in [-0.1, -0.05) is 6.42 Å². The van der Waals surface area contributed by atoms with Crippen molar-refractivity contribution in [3.8, 4) is 0 Å². The summed E-state index contributed by atoms with van der Waals surface area (Å²) in [5.41, 5.74) is 0. The fourth-order valence-electron chi connectivity index (χ4n) is 4.05. The molecule has 1 N–H and O–H groups in total. The Hall–Kier alpha value is -1.33. The number of nitrogens with zero attached hydrogens (tertiary/aromatic N) is 1. The first-order valence-corrected chi connectivity index (χ1v) is 8.47. The molecule has 22 heavy (non-hydrogen) atoms. The molecule has 1 saturated carbocycles. The Kier molecular flexibility index (Phi) is 3.92. The van der Waals surface area contributed by atoms with E-state index >= 15 is 0 Å².